The Balaban J connectivity index is 0.00000144. The lowest BCUT2D eigenvalue weighted by Crippen LogP contribution is -2.19. The fourth-order valence-electron chi connectivity index (χ4n) is 0.714. The first-order valence-electron chi connectivity index (χ1n) is 3.26. The minimum atomic E-state index is -2.57. The molecule has 13 heavy (non-hydrogen) atoms. The van der Waals surface area contributed by atoms with E-state index in [1.165, 1.54) is 12.3 Å². The fraction of sp³-hybridized carbons (Fsp3) is 0.286. The van der Waals surface area contributed by atoms with Crippen LogP contribution < -0.4 is 5.73 Å². The smallest absolute Gasteiger partial charge is 0.259 e. The normalized spacial score (nSPS) is 12.4. The largest absolute Gasteiger partial charge is 0.318 e. The molecule has 2 nitrogen and oxygen atoms in total. The van der Waals surface area contributed by atoms with E-state index in [0.29, 0.717) is 0 Å². The highest BCUT2D eigenvalue weighted by Gasteiger charge is 2.18. The Kier molecular flexibility index (Phi) is 5.36. The molecule has 0 saturated heterocycles. The zero-order valence-electron chi connectivity index (χ0n) is 6.45. The molecule has 1 aromatic rings. The molecule has 0 aliphatic rings. The van der Waals surface area contributed by atoms with Crippen molar-refractivity contribution in [2.75, 3.05) is 0 Å². The minimum Gasteiger partial charge on any atom is -0.318 e. The third kappa shape index (κ3) is 3.54. The summed E-state index contributed by atoms with van der Waals surface area (Å²) in [6.45, 7) is 0. The summed E-state index contributed by atoms with van der Waals surface area (Å²) in [6.07, 6.45) is -1.13. The van der Waals surface area contributed by atoms with Gasteiger partial charge in [-0.2, -0.15) is 0 Å². The number of halogens is 4. The van der Waals surface area contributed by atoms with Gasteiger partial charge in [-0.05, 0) is 28.1 Å². The molecule has 0 aromatic carbocycles. The zero-order chi connectivity index (χ0) is 9.14. The van der Waals surface area contributed by atoms with Crippen LogP contribution in [0.4, 0.5) is 8.78 Å². The van der Waals surface area contributed by atoms with Gasteiger partial charge < -0.3 is 5.73 Å². The molecular formula is C7H8BrClF2N2. The van der Waals surface area contributed by atoms with Gasteiger partial charge in [0.1, 0.15) is 6.04 Å². The van der Waals surface area contributed by atoms with Crippen molar-refractivity contribution in [1.29, 1.82) is 0 Å². The SMILES string of the molecule is Cl.N[C@H](c1ccc(Br)cn1)C(F)F. The van der Waals surface area contributed by atoms with Crippen molar-refractivity contribution in [2.24, 2.45) is 5.73 Å². The van der Waals surface area contributed by atoms with Gasteiger partial charge in [0, 0.05) is 10.7 Å². The fourth-order valence-corrected chi connectivity index (χ4v) is 0.948. The Bertz CT molecular complexity index is 255. The predicted molar refractivity (Wildman–Crippen MR) is 52.1 cm³/mol. The van der Waals surface area contributed by atoms with Crippen LogP contribution in [0.1, 0.15) is 11.7 Å². The van der Waals surface area contributed by atoms with Crippen molar-refractivity contribution < 1.29 is 8.78 Å². The Morgan fingerprint density at radius 2 is 2.00 bits per heavy atom. The van der Waals surface area contributed by atoms with E-state index in [1.807, 2.05) is 0 Å². The first-order chi connectivity index (χ1) is 5.61. The van der Waals surface area contributed by atoms with Crippen LogP contribution in [0.5, 0.6) is 0 Å². The number of aromatic nitrogens is 1. The van der Waals surface area contributed by atoms with Gasteiger partial charge in [0.05, 0.1) is 5.69 Å². The van der Waals surface area contributed by atoms with E-state index < -0.39 is 12.5 Å². The topological polar surface area (TPSA) is 38.9 Å². The molecule has 0 unspecified atom stereocenters. The number of rotatable bonds is 2. The number of alkyl halides is 2. The van der Waals surface area contributed by atoms with Crippen LogP contribution >= 0.6 is 28.3 Å². The molecular weight excluding hydrogens is 265 g/mol. The highest BCUT2D eigenvalue weighted by atomic mass is 79.9. The van der Waals surface area contributed by atoms with Gasteiger partial charge in [0.15, 0.2) is 0 Å². The molecule has 0 spiro atoms. The van der Waals surface area contributed by atoms with Gasteiger partial charge in [0.2, 0.25) is 0 Å². The van der Waals surface area contributed by atoms with Gasteiger partial charge in [-0.25, -0.2) is 8.78 Å². The zero-order valence-corrected chi connectivity index (χ0v) is 8.86. The van der Waals surface area contributed by atoms with Crippen LogP contribution in [0.2, 0.25) is 0 Å². The molecule has 0 bridgehead atoms. The van der Waals surface area contributed by atoms with E-state index in [4.69, 9.17) is 5.73 Å². The van der Waals surface area contributed by atoms with Crippen LogP contribution in [0.15, 0.2) is 22.8 Å². The third-order valence-electron chi connectivity index (χ3n) is 1.36. The summed E-state index contributed by atoms with van der Waals surface area (Å²) < 4.78 is 24.8. The van der Waals surface area contributed by atoms with Crippen molar-refractivity contribution in [3.8, 4) is 0 Å². The Labute approximate surface area is 89.1 Å². The number of hydrogen-bond donors (Lipinski definition) is 1. The van der Waals surface area contributed by atoms with Crippen LogP contribution in [0.25, 0.3) is 0 Å². The summed E-state index contributed by atoms with van der Waals surface area (Å²) in [5.74, 6) is 0. The molecule has 6 heteroatoms. The second kappa shape index (κ2) is 5.47. The summed E-state index contributed by atoms with van der Waals surface area (Å²) in [7, 11) is 0. The van der Waals surface area contributed by atoms with E-state index in [1.54, 1.807) is 6.07 Å². The first-order valence-corrected chi connectivity index (χ1v) is 4.05. The molecule has 0 aliphatic carbocycles. The Morgan fingerprint density at radius 3 is 2.38 bits per heavy atom. The maximum atomic E-state index is 12.0. The van der Waals surface area contributed by atoms with Gasteiger partial charge in [-0.3, -0.25) is 4.98 Å². The van der Waals surface area contributed by atoms with E-state index in [0.717, 1.165) is 4.47 Å². The first kappa shape index (κ1) is 12.7. The molecule has 1 heterocycles. The maximum Gasteiger partial charge on any atom is 0.259 e. The number of hydrogen-bond acceptors (Lipinski definition) is 2. The molecule has 0 saturated carbocycles. The van der Waals surface area contributed by atoms with Gasteiger partial charge in [-0.15, -0.1) is 12.4 Å². The van der Waals surface area contributed by atoms with Crippen LogP contribution in [-0.4, -0.2) is 11.4 Å². The quantitative estimate of drug-likeness (QED) is 0.899. The van der Waals surface area contributed by atoms with Crippen LogP contribution in [-0.2, 0) is 0 Å². The lowest BCUT2D eigenvalue weighted by atomic mass is 10.2. The van der Waals surface area contributed by atoms with E-state index >= 15 is 0 Å². The molecule has 2 N–H and O–H groups in total. The Hall–Kier alpha value is -0.260. The molecule has 1 aromatic heterocycles. The highest BCUT2D eigenvalue weighted by molar-refractivity contribution is 9.10. The van der Waals surface area contributed by atoms with Crippen LogP contribution in [0, 0.1) is 0 Å². The van der Waals surface area contributed by atoms with Gasteiger partial charge in [0.25, 0.3) is 6.43 Å². The molecule has 1 rings (SSSR count). The number of nitrogens with zero attached hydrogens (tertiary/aromatic N) is 1. The van der Waals surface area contributed by atoms with Gasteiger partial charge >= 0.3 is 0 Å². The van der Waals surface area contributed by atoms with Crippen molar-refractivity contribution >= 4 is 28.3 Å². The summed E-state index contributed by atoms with van der Waals surface area (Å²) in [5.41, 5.74) is 5.36. The predicted octanol–water partition coefficient (Wildman–Crippen LogP) is 2.53. The number of pyridine rings is 1. The number of nitrogens with two attached hydrogens (primary N) is 1. The standard InChI is InChI=1S/C7H7BrF2N2.ClH/c8-4-1-2-5(12-3-4)6(11)7(9)10;/h1-3,6-7H,11H2;1H/t6-;/m1./s1. The Morgan fingerprint density at radius 1 is 1.38 bits per heavy atom. The monoisotopic (exact) mass is 272 g/mol. The highest BCUT2D eigenvalue weighted by Crippen LogP contribution is 2.17. The third-order valence-corrected chi connectivity index (χ3v) is 1.83. The van der Waals surface area contributed by atoms with E-state index in [9.17, 15) is 8.78 Å². The lowest BCUT2D eigenvalue weighted by Gasteiger charge is -2.08. The second-order valence-electron chi connectivity index (χ2n) is 2.26. The molecule has 0 radical (unpaired) electrons. The van der Waals surface area contributed by atoms with Crippen LogP contribution in [0.3, 0.4) is 0 Å². The van der Waals surface area contributed by atoms with Crippen molar-refractivity contribution in [3.63, 3.8) is 0 Å². The molecule has 0 amide bonds. The average Bonchev–Trinajstić information content (AvgIpc) is 2.04. The minimum absolute atomic E-state index is 0. The van der Waals surface area contributed by atoms with Crippen molar-refractivity contribution in [3.05, 3.63) is 28.5 Å². The maximum absolute atomic E-state index is 12.0. The summed E-state index contributed by atoms with van der Waals surface area (Å²) in [5, 5.41) is 0. The summed E-state index contributed by atoms with van der Waals surface area (Å²) in [6, 6.07) is 1.81. The lowest BCUT2D eigenvalue weighted by molar-refractivity contribution is 0.114. The molecule has 0 aliphatic heterocycles. The molecule has 0 fully saturated rings. The van der Waals surface area contributed by atoms with E-state index in [2.05, 4.69) is 20.9 Å². The summed E-state index contributed by atoms with van der Waals surface area (Å²) >= 11 is 3.14. The van der Waals surface area contributed by atoms with Crippen molar-refractivity contribution in [1.82, 2.24) is 4.98 Å². The second-order valence-corrected chi connectivity index (χ2v) is 3.18. The van der Waals surface area contributed by atoms with Crippen molar-refractivity contribution in [2.45, 2.75) is 12.5 Å². The average molecular weight is 274 g/mol. The molecule has 74 valence electrons. The summed E-state index contributed by atoms with van der Waals surface area (Å²) in [4.78, 5) is 3.75. The van der Waals surface area contributed by atoms with Gasteiger partial charge in [-0.1, -0.05) is 0 Å². The molecule has 1 atom stereocenters. The van der Waals surface area contributed by atoms with E-state index in [-0.39, 0.29) is 18.1 Å².